The molecule has 0 fully saturated rings. The van der Waals surface area contributed by atoms with Gasteiger partial charge in [-0.05, 0) is 25.5 Å². The Hall–Kier alpha value is -1.73. The molecule has 0 aliphatic rings. The molecule has 0 bridgehead atoms. The standard InChI is InChI=1S/C15H20ClN5OS/c1-3-6-10(2)18-13(22)9-23-15-20-19-14(21(15)17)11-7-4-5-8-12(11)16/h4-5,7-8,10H,3,6,9,17H2,1-2H3,(H,18,22)/t10-/m1/s1. The van der Waals surface area contributed by atoms with E-state index >= 15 is 0 Å². The van der Waals surface area contributed by atoms with Gasteiger partial charge in [0.25, 0.3) is 0 Å². The van der Waals surface area contributed by atoms with E-state index < -0.39 is 0 Å². The second-order valence-corrected chi connectivity index (χ2v) is 6.55. The Balaban J connectivity index is 2.00. The molecule has 1 heterocycles. The summed E-state index contributed by atoms with van der Waals surface area (Å²) in [5.41, 5.74) is 0.706. The summed E-state index contributed by atoms with van der Waals surface area (Å²) in [6, 6.07) is 7.44. The Kier molecular flexibility index (Phi) is 6.29. The number of halogens is 1. The highest BCUT2D eigenvalue weighted by Crippen LogP contribution is 2.27. The van der Waals surface area contributed by atoms with E-state index in [1.54, 1.807) is 6.07 Å². The molecule has 0 saturated heterocycles. The Labute approximate surface area is 144 Å². The van der Waals surface area contributed by atoms with Crippen LogP contribution in [0.15, 0.2) is 29.4 Å². The molecular formula is C15H20ClN5OS. The van der Waals surface area contributed by atoms with Crippen LogP contribution >= 0.6 is 23.4 Å². The monoisotopic (exact) mass is 353 g/mol. The summed E-state index contributed by atoms with van der Waals surface area (Å²) in [5.74, 6) is 6.69. The fraction of sp³-hybridized carbons (Fsp3) is 0.400. The number of thioether (sulfide) groups is 1. The predicted molar refractivity (Wildman–Crippen MR) is 93.9 cm³/mol. The highest BCUT2D eigenvalue weighted by atomic mass is 35.5. The highest BCUT2D eigenvalue weighted by Gasteiger charge is 2.16. The van der Waals surface area contributed by atoms with E-state index in [-0.39, 0.29) is 17.7 Å². The maximum Gasteiger partial charge on any atom is 0.230 e. The van der Waals surface area contributed by atoms with Crippen LogP contribution in [0.25, 0.3) is 11.4 Å². The second-order valence-electron chi connectivity index (χ2n) is 5.20. The minimum atomic E-state index is -0.0433. The average Bonchev–Trinajstić information content (AvgIpc) is 2.87. The smallest absolute Gasteiger partial charge is 0.230 e. The maximum absolute atomic E-state index is 11.9. The molecule has 0 aliphatic heterocycles. The normalized spacial score (nSPS) is 12.1. The van der Waals surface area contributed by atoms with Crippen molar-refractivity contribution in [2.75, 3.05) is 11.6 Å². The van der Waals surface area contributed by atoms with E-state index in [1.165, 1.54) is 16.4 Å². The molecule has 0 unspecified atom stereocenters. The average molecular weight is 354 g/mol. The molecule has 0 aliphatic carbocycles. The number of aromatic nitrogens is 3. The van der Waals surface area contributed by atoms with Gasteiger partial charge in [0, 0.05) is 11.6 Å². The molecule has 0 spiro atoms. The summed E-state index contributed by atoms with van der Waals surface area (Å²) >= 11 is 7.39. The van der Waals surface area contributed by atoms with E-state index in [0.29, 0.717) is 21.6 Å². The third-order valence-electron chi connectivity index (χ3n) is 3.24. The van der Waals surface area contributed by atoms with Gasteiger partial charge < -0.3 is 11.2 Å². The summed E-state index contributed by atoms with van der Waals surface area (Å²) < 4.78 is 1.36. The number of rotatable bonds is 7. The van der Waals surface area contributed by atoms with Gasteiger partial charge in [-0.1, -0.05) is 48.8 Å². The van der Waals surface area contributed by atoms with Crippen LogP contribution in [0.4, 0.5) is 0 Å². The molecule has 1 aromatic carbocycles. The van der Waals surface area contributed by atoms with E-state index in [1.807, 2.05) is 25.1 Å². The number of nitrogens with zero attached hydrogens (tertiary/aromatic N) is 3. The molecule has 0 saturated carbocycles. The van der Waals surface area contributed by atoms with Gasteiger partial charge in [-0.2, -0.15) is 0 Å². The van der Waals surface area contributed by atoms with Crippen molar-refractivity contribution >= 4 is 29.3 Å². The first-order chi connectivity index (χ1) is 11.0. The number of hydrogen-bond donors (Lipinski definition) is 2. The van der Waals surface area contributed by atoms with Crippen molar-refractivity contribution in [3.8, 4) is 11.4 Å². The van der Waals surface area contributed by atoms with Crippen molar-refractivity contribution in [2.45, 2.75) is 37.9 Å². The third kappa shape index (κ3) is 4.62. The molecule has 8 heteroatoms. The van der Waals surface area contributed by atoms with Gasteiger partial charge >= 0.3 is 0 Å². The fourth-order valence-corrected chi connectivity index (χ4v) is 3.04. The largest absolute Gasteiger partial charge is 0.353 e. The van der Waals surface area contributed by atoms with Crippen molar-refractivity contribution in [3.05, 3.63) is 29.3 Å². The van der Waals surface area contributed by atoms with Crippen LogP contribution in [0.5, 0.6) is 0 Å². The van der Waals surface area contributed by atoms with Crippen LogP contribution in [0, 0.1) is 0 Å². The SMILES string of the molecule is CCC[C@@H](C)NC(=O)CSc1nnc(-c2ccccc2Cl)n1N. The van der Waals surface area contributed by atoms with Gasteiger partial charge in [0.15, 0.2) is 5.82 Å². The summed E-state index contributed by atoms with van der Waals surface area (Å²) in [4.78, 5) is 11.9. The Morgan fingerprint density at radius 3 is 2.87 bits per heavy atom. The number of carbonyl (C=O) groups is 1. The van der Waals surface area contributed by atoms with Crippen molar-refractivity contribution in [1.29, 1.82) is 0 Å². The number of nitrogens with one attached hydrogen (secondary N) is 1. The number of amides is 1. The molecule has 6 nitrogen and oxygen atoms in total. The van der Waals surface area contributed by atoms with Crippen molar-refractivity contribution < 1.29 is 4.79 Å². The fourth-order valence-electron chi connectivity index (χ4n) is 2.15. The maximum atomic E-state index is 11.9. The zero-order chi connectivity index (χ0) is 16.8. The van der Waals surface area contributed by atoms with E-state index in [2.05, 4.69) is 22.4 Å². The number of carbonyl (C=O) groups excluding carboxylic acids is 1. The lowest BCUT2D eigenvalue weighted by Crippen LogP contribution is -2.33. The molecule has 1 aromatic heterocycles. The van der Waals surface area contributed by atoms with Gasteiger partial charge in [-0.25, -0.2) is 4.68 Å². The molecule has 2 aromatic rings. The van der Waals surface area contributed by atoms with Crippen molar-refractivity contribution in [2.24, 2.45) is 0 Å². The highest BCUT2D eigenvalue weighted by molar-refractivity contribution is 7.99. The van der Waals surface area contributed by atoms with Crippen molar-refractivity contribution in [1.82, 2.24) is 20.2 Å². The minimum Gasteiger partial charge on any atom is -0.353 e. The van der Waals surface area contributed by atoms with Gasteiger partial charge in [0.2, 0.25) is 11.1 Å². The summed E-state index contributed by atoms with van der Waals surface area (Å²) in [6.07, 6.45) is 1.99. The van der Waals surface area contributed by atoms with E-state index in [9.17, 15) is 4.79 Å². The van der Waals surface area contributed by atoms with Crippen LogP contribution in [-0.4, -0.2) is 32.6 Å². The van der Waals surface area contributed by atoms with Gasteiger partial charge in [-0.3, -0.25) is 4.79 Å². The molecule has 3 N–H and O–H groups in total. The van der Waals surface area contributed by atoms with Crippen molar-refractivity contribution in [3.63, 3.8) is 0 Å². The number of nitrogen functional groups attached to an aromatic ring is 1. The first-order valence-corrected chi connectivity index (χ1v) is 8.76. The van der Waals surface area contributed by atoms with E-state index in [0.717, 1.165) is 12.8 Å². The van der Waals surface area contributed by atoms with Gasteiger partial charge in [0.05, 0.1) is 10.8 Å². The second kappa shape index (κ2) is 8.21. The molecular weight excluding hydrogens is 334 g/mol. The molecule has 0 radical (unpaired) electrons. The predicted octanol–water partition coefficient (Wildman–Crippen LogP) is 2.71. The van der Waals surface area contributed by atoms with E-state index in [4.69, 9.17) is 17.4 Å². The summed E-state index contributed by atoms with van der Waals surface area (Å²) in [7, 11) is 0. The zero-order valence-electron chi connectivity index (χ0n) is 13.1. The molecule has 23 heavy (non-hydrogen) atoms. The Morgan fingerprint density at radius 1 is 1.43 bits per heavy atom. The third-order valence-corrected chi connectivity index (χ3v) is 4.51. The van der Waals surface area contributed by atoms with Crippen LogP contribution in [0.3, 0.4) is 0 Å². The topological polar surface area (TPSA) is 85.8 Å². The molecule has 1 amide bonds. The first-order valence-electron chi connectivity index (χ1n) is 7.40. The van der Waals surface area contributed by atoms with Crippen LogP contribution in [0.2, 0.25) is 5.02 Å². The lowest BCUT2D eigenvalue weighted by Gasteiger charge is -2.12. The Morgan fingerprint density at radius 2 is 2.17 bits per heavy atom. The summed E-state index contributed by atoms with van der Waals surface area (Å²) in [6.45, 7) is 4.08. The lowest BCUT2D eigenvalue weighted by atomic mass is 10.2. The Bertz CT molecular complexity index is 676. The molecule has 124 valence electrons. The first kappa shape index (κ1) is 17.6. The van der Waals surface area contributed by atoms with Gasteiger partial charge in [0.1, 0.15) is 0 Å². The van der Waals surface area contributed by atoms with Gasteiger partial charge in [-0.15, -0.1) is 10.2 Å². The summed E-state index contributed by atoms with van der Waals surface area (Å²) in [5, 5.41) is 12.1. The number of nitrogens with two attached hydrogens (primary N) is 1. The zero-order valence-corrected chi connectivity index (χ0v) is 14.7. The molecule has 1 atom stereocenters. The number of benzene rings is 1. The number of hydrogen-bond acceptors (Lipinski definition) is 5. The van der Waals surface area contributed by atoms with Crippen LogP contribution < -0.4 is 11.2 Å². The quantitative estimate of drug-likeness (QED) is 0.590. The van der Waals surface area contributed by atoms with Crippen LogP contribution in [-0.2, 0) is 4.79 Å². The minimum absolute atomic E-state index is 0.0433. The molecule has 2 rings (SSSR count). The van der Waals surface area contributed by atoms with Crippen LogP contribution in [0.1, 0.15) is 26.7 Å². The lowest BCUT2D eigenvalue weighted by molar-refractivity contribution is -0.119.